The summed E-state index contributed by atoms with van der Waals surface area (Å²) in [6.45, 7) is -0.0315. The third kappa shape index (κ3) is 3.12. The molecular formula is C16H13FN2O5. The third-order valence-corrected chi connectivity index (χ3v) is 3.49. The Bertz CT molecular complexity index is 907. The molecule has 0 radical (unpaired) electrons. The van der Waals surface area contributed by atoms with E-state index < -0.39 is 11.7 Å². The fourth-order valence-corrected chi connectivity index (χ4v) is 2.26. The number of hydrogen-bond donors (Lipinski definition) is 0. The van der Waals surface area contributed by atoms with E-state index in [0.717, 1.165) is 5.56 Å². The van der Waals surface area contributed by atoms with Crippen LogP contribution in [0.3, 0.4) is 0 Å². The predicted molar refractivity (Wildman–Crippen MR) is 79.1 cm³/mol. The zero-order chi connectivity index (χ0) is 17.1. The Kier molecular flexibility index (Phi) is 4.28. The molecule has 8 heteroatoms. The Balaban J connectivity index is 1.88. The topological polar surface area (TPSA) is 87.5 Å². The molecule has 2 heterocycles. The van der Waals surface area contributed by atoms with Crippen molar-refractivity contribution >= 4 is 5.97 Å². The van der Waals surface area contributed by atoms with Crippen molar-refractivity contribution in [2.45, 2.75) is 13.0 Å². The highest BCUT2D eigenvalue weighted by molar-refractivity contribution is 5.90. The lowest BCUT2D eigenvalue weighted by Crippen LogP contribution is -2.19. The first-order valence-corrected chi connectivity index (χ1v) is 7.03. The number of carbonyl (C=O) groups is 1. The molecule has 3 aromatic rings. The van der Waals surface area contributed by atoms with Crippen LogP contribution in [-0.4, -0.2) is 22.8 Å². The molecule has 0 N–H and O–H groups in total. The van der Waals surface area contributed by atoms with Gasteiger partial charge in [0.15, 0.2) is 5.82 Å². The lowest BCUT2D eigenvalue weighted by Gasteiger charge is -2.05. The molecule has 0 spiro atoms. The van der Waals surface area contributed by atoms with Crippen LogP contribution in [0.2, 0.25) is 0 Å². The molecule has 0 aliphatic rings. The Labute approximate surface area is 135 Å². The lowest BCUT2D eigenvalue weighted by atomic mass is 10.1. The van der Waals surface area contributed by atoms with Gasteiger partial charge in [-0.1, -0.05) is 17.3 Å². The van der Waals surface area contributed by atoms with Gasteiger partial charge in [-0.15, -0.1) is 0 Å². The standard InChI is InChI=1S/C16H13FN2O5/c1-22-15(20)12-6-7-23-13(12)9-19-14(18-24-16(19)21)8-10-2-4-11(17)5-3-10/h2-7H,8-9H2,1H3. The number of esters is 1. The molecule has 0 aliphatic carbocycles. The van der Waals surface area contributed by atoms with Crippen LogP contribution in [0.15, 0.2) is 50.3 Å². The quantitative estimate of drug-likeness (QED) is 0.664. The summed E-state index contributed by atoms with van der Waals surface area (Å²) < 4.78 is 28.8. The van der Waals surface area contributed by atoms with Gasteiger partial charge in [-0.25, -0.2) is 14.0 Å². The summed E-state index contributed by atoms with van der Waals surface area (Å²) in [7, 11) is 1.25. The van der Waals surface area contributed by atoms with Crippen molar-refractivity contribution < 1.29 is 22.9 Å². The van der Waals surface area contributed by atoms with E-state index in [1.54, 1.807) is 12.1 Å². The molecule has 3 rings (SSSR count). The highest BCUT2D eigenvalue weighted by Gasteiger charge is 2.19. The normalized spacial score (nSPS) is 10.8. The van der Waals surface area contributed by atoms with Crippen molar-refractivity contribution in [1.29, 1.82) is 0 Å². The van der Waals surface area contributed by atoms with Crippen molar-refractivity contribution in [3.05, 3.63) is 75.7 Å². The van der Waals surface area contributed by atoms with Gasteiger partial charge >= 0.3 is 11.7 Å². The summed E-state index contributed by atoms with van der Waals surface area (Å²) in [6, 6.07) is 7.27. The number of rotatable bonds is 5. The predicted octanol–water partition coefficient (Wildman–Crippen LogP) is 1.99. The largest absolute Gasteiger partial charge is 0.467 e. The number of carbonyl (C=O) groups excluding carboxylic acids is 1. The monoisotopic (exact) mass is 332 g/mol. The summed E-state index contributed by atoms with van der Waals surface area (Å²) in [5, 5.41) is 3.73. The van der Waals surface area contributed by atoms with Crippen molar-refractivity contribution in [3.63, 3.8) is 0 Å². The van der Waals surface area contributed by atoms with E-state index in [9.17, 15) is 14.0 Å². The van der Waals surface area contributed by atoms with Crippen molar-refractivity contribution in [2.75, 3.05) is 7.11 Å². The first kappa shape index (κ1) is 15.7. The van der Waals surface area contributed by atoms with Gasteiger partial charge in [0.2, 0.25) is 0 Å². The first-order valence-electron chi connectivity index (χ1n) is 7.03. The van der Waals surface area contributed by atoms with Crippen molar-refractivity contribution in [1.82, 2.24) is 9.72 Å². The van der Waals surface area contributed by atoms with Gasteiger partial charge in [-0.3, -0.25) is 9.09 Å². The van der Waals surface area contributed by atoms with E-state index in [2.05, 4.69) is 9.89 Å². The maximum atomic E-state index is 13.0. The number of aromatic nitrogens is 2. The van der Waals surface area contributed by atoms with E-state index in [1.165, 1.54) is 36.1 Å². The van der Waals surface area contributed by atoms with Crippen LogP contribution in [0, 0.1) is 5.82 Å². The SMILES string of the molecule is COC(=O)c1ccoc1Cn1c(Cc2ccc(F)cc2)noc1=O. The van der Waals surface area contributed by atoms with E-state index in [1.807, 2.05) is 0 Å². The zero-order valence-corrected chi connectivity index (χ0v) is 12.7. The molecule has 2 aromatic heterocycles. The second-order valence-corrected chi connectivity index (χ2v) is 5.00. The van der Waals surface area contributed by atoms with Crippen LogP contribution < -0.4 is 5.76 Å². The molecule has 24 heavy (non-hydrogen) atoms. The smallest absolute Gasteiger partial charge is 0.442 e. The fourth-order valence-electron chi connectivity index (χ4n) is 2.26. The maximum absolute atomic E-state index is 13.0. The molecule has 0 saturated heterocycles. The van der Waals surface area contributed by atoms with Gasteiger partial charge < -0.3 is 9.15 Å². The second kappa shape index (κ2) is 6.53. The van der Waals surface area contributed by atoms with E-state index in [4.69, 9.17) is 8.94 Å². The second-order valence-electron chi connectivity index (χ2n) is 5.00. The van der Waals surface area contributed by atoms with Gasteiger partial charge in [0.25, 0.3) is 0 Å². The lowest BCUT2D eigenvalue weighted by molar-refractivity contribution is 0.0598. The average Bonchev–Trinajstić information content (AvgIpc) is 3.18. The number of nitrogens with zero attached hydrogens (tertiary/aromatic N) is 2. The average molecular weight is 332 g/mol. The molecule has 0 saturated carbocycles. The molecule has 1 aromatic carbocycles. The van der Waals surface area contributed by atoms with Crippen molar-refractivity contribution in [2.24, 2.45) is 0 Å². The minimum absolute atomic E-state index is 0.0315. The highest BCUT2D eigenvalue weighted by Crippen LogP contribution is 2.15. The highest BCUT2D eigenvalue weighted by atomic mass is 19.1. The van der Waals surface area contributed by atoms with Crippen LogP contribution in [0.4, 0.5) is 4.39 Å². The van der Waals surface area contributed by atoms with Gasteiger partial charge in [0, 0.05) is 6.42 Å². The van der Waals surface area contributed by atoms with Gasteiger partial charge in [0.05, 0.1) is 19.9 Å². The molecule has 0 bridgehead atoms. The number of halogens is 1. The van der Waals surface area contributed by atoms with Crippen LogP contribution in [0.25, 0.3) is 0 Å². The van der Waals surface area contributed by atoms with E-state index in [-0.39, 0.29) is 30.1 Å². The number of hydrogen-bond acceptors (Lipinski definition) is 6. The number of furan rings is 1. The van der Waals surface area contributed by atoms with Gasteiger partial charge in [-0.2, -0.15) is 0 Å². The van der Waals surface area contributed by atoms with Crippen LogP contribution in [-0.2, 0) is 17.7 Å². The molecule has 0 atom stereocenters. The zero-order valence-electron chi connectivity index (χ0n) is 12.7. The first-order chi connectivity index (χ1) is 11.6. The molecule has 0 unspecified atom stereocenters. The van der Waals surface area contributed by atoms with Crippen LogP contribution >= 0.6 is 0 Å². The molecule has 0 fully saturated rings. The van der Waals surface area contributed by atoms with Crippen molar-refractivity contribution in [3.8, 4) is 0 Å². The summed E-state index contributed by atoms with van der Waals surface area (Å²) in [5.41, 5.74) is 0.976. The minimum atomic E-state index is -0.681. The van der Waals surface area contributed by atoms with Gasteiger partial charge in [-0.05, 0) is 23.8 Å². The number of benzene rings is 1. The van der Waals surface area contributed by atoms with E-state index in [0.29, 0.717) is 5.82 Å². The Hall–Kier alpha value is -3.16. The fraction of sp³-hybridized carbons (Fsp3) is 0.188. The summed E-state index contributed by atoms with van der Waals surface area (Å²) in [6.07, 6.45) is 1.60. The Morgan fingerprint density at radius 3 is 2.75 bits per heavy atom. The van der Waals surface area contributed by atoms with E-state index >= 15 is 0 Å². The molecular weight excluding hydrogens is 319 g/mol. The summed E-state index contributed by atoms with van der Waals surface area (Å²) in [4.78, 5) is 23.5. The number of ether oxygens (including phenoxy) is 1. The maximum Gasteiger partial charge on any atom is 0.442 e. The molecule has 124 valence electrons. The van der Waals surface area contributed by atoms with Crippen LogP contribution in [0.5, 0.6) is 0 Å². The number of methoxy groups -OCH3 is 1. The Morgan fingerprint density at radius 2 is 2.04 bits per heavy atom. The third-order valence-electron chi connectivity index (χ3n) is 3.49. The summed E-state index contributed by atoms with van der Waals surface area (Å²) >= 11 is 0. The van der Waals surface area contributed by atoms with Gasteiger partial charge in [0.1, 0.15) is 17.1 Å². The molecule has 0 amide bonds. The molecule has 0 aliphatic heterocycles. The Morgan fingerprint density at radius 1 is 1.29 bits per heavy atom. The van der Waals surface area contributed by atoms with Crippen LogP contribution in [0.1, 0.15) is 27.5 Å². The minimum Gasteiger partial charge on any atom is -0.467 e. The molecule has 7 nitrogen and oxygen atoms in total. The summed E-state index contributed by atoms with van der Waals surface area (Å²) in [5.74, 6) is -1.01.